The summed E-state index contributed by atoms with van der Waals surface area (Å²) in [6, 6.07) is 5.04. The molecule has 1 saturated heterocycles. The minimum Gasteiger partial charge on any atom is -0.389 e. The molecule has 1 aromatic rings. The molecule has 19 heavy (non-hydrogen) atoms. The Labute approximate surface area is 113 Å². The maximum absolute atomic E-state index is 11.2. The van der Waals surface area contributed by atoms with Crippen molar-refractivity contribution in [3.8, 4) is 0 Å². The van der Waals surface area contributed by atoms with Gasteiger partial charge in [-0.1, -0.05) is 18.9 Å². The Bertz CT molecular complexity index is 452. The molecule has 0 aromatic heterocycles. The molecular weight excluding hydrogens is 244 g/mol. The van der Waals surface area contributed by atoms with E-state index < -0.39 is 6.10 Å². The summed E-state index contributed by atoms with van der Waals surface area (Å²) >= 11 is 0. The third-order valence-corrected chi connectivity index (χ3v) is 3.63. The molecule has 1 fully saturated rings. The monoisotopic (exact) mass is 264 g/mol. The van der Waals surface area contributed by atoms with Gasteiger partial charge in [-0.05, 0) is 31.4 Å². The Morgan fingerprint density at radius 1 is 1.26 bits per heavy atom. The lowest BCUT2D eigenvalue weighted by Gasteiger charge is -2.22. The van der Waals surface area contributed by atoms with Gasteiger partial charge in [0, 0.05) is 19.2 Å². The van der Waals surface area contributed by atoms with Crippen molar-refractivity contribution in [2.45, 2.75) is 38.7 Å². The van der Waals surface area contributed by atoms with Crippen molar-refractivity contribution in [3.63, 3.8) is 0 Å². The molecule has 1 aliphatic rings. The topological polar surface area (TPSA) is 66.6 Å². The third kappa shape index (κ3) is 3.23. The van der Waals surface area contributed by atoms with Crippen LogP contribution in [-0.2, 0) is 0 Å². The predicted octanol–water partition coefficient (Wildman–Crippen LogP) is 3.03. The van der Waals surface area contributed by atoms with Crippen LogP contribution < -0.4 is 4.90 Å². The van der Waals surface area contributed by atoms with Crippen molar-refractivity contribution in [1.29, 1.82) is 0 Å². The van der Waals surface area contributed by atoms with E-state index in [4.69, 9.17) is 0 Å². The molecule has 1 heterocycles. The summed E-state index contributed by atoms with van der Waals surface area (Å²) in [5.41, 5.74) is 1.36. The number of nitrogens with zero attached hydrogens (tertiary/aromatic N) is 2. The number of hydrogen-bond donors (Lipinski definition) is 1. The largest absolute Gasteiger partial charge is 0.389 e. The summed E-state index contributed by atoms with van der Waals surface area (Å²) < 4.78 is 0. The predicted molar refractivity (Wildman–Crippen MR) is 74.4 cm³/mol. The van der Waals surface area contributed by atoms with Crippen LogP contribution in [0, 0.1) is 10.1 Å². The zero-order chi connectivity index (χ0) is 13.8. The average molecular weight is 264 g/mol. The Hall–Kier alpha value is -1.62. The average Bonchev–Trinajstić information content (AvgIpc) is 2.66. The number of nitro groups is 1. The SMILES string of the molecule is C[C@@H](O)c1ccc(N2CCCCCC2)c([N+](=O)[O-])c1. The van der Waals surface area contributed by atoms with Gasteiger partial charge in [0.1, 0.15) is 5.69 Å². The van der Waals surface area contributed by atoms with E-state index in [1.54, 1.807) is 19.1 Å². The lowest BCUT2D eigenvalue weighted by molar-refractivity contribution is -0.384. The fourth-order valence-electron chi connectivity index (χ4n) is 2.53. The molecule has 1 atom stereocenters. The molecule has 0 saturated carbocycles. The van der Waals surface area contributed by atoms with Crippen LogP contribution in [0.1, 0.15) is 44.3 Å². The summed E-state index contributed by atoms with van der Waals surface area (Å²) in [6.45, 7) is 3.36. The minimum absolute atomic E-state index is 0.0975. The van der Waals surface area contributed by atoms with Crippen LogP contribution >= 0.6 is 0 Å². The Balaban J connectivity index is 2.35. The third-order valence-electron chi connectivity index (χ3n) is 3.63. The first-order valence-corrected chi connectivity index (χ1v) is 6.81. The van der Waals surface area contributed by atoms with Crippen molar-refractivity contribution in [3.05, 3.63) is 33.9 Å². The standard InChI is InChI=1S/C14H20N2O3/c1-11(17)12-6-7-13(14(10-12)16(18)19)15-8-4-2-3-5-9-15/h6-7,10-11,17H,2-5,8-9H2,1H3/t11-/m1/s1. The Morgan fingerprint density at radius 2 is 1.89 bits per heavy atom. The van der Waals surface area contributed by atoms with E-state index >= 15 is 0 Å². The highest BCUT2D eigenvalue weighted by Crippen LogP contribution is 2.32. The van der Waals surface area contributed by atoms with Crippen molar-refractivity contribution >= 4 is 11.4 Å². The summed E-state index contributed by atoms with van der Waals surface area (Å²) in [5.74, 6) is 0. The van der Waals surface area contributed by atoms with E-state index in [1.165, 1.54) is 18.9 Å². The molecule has 0 amide bonds. The van der Waals surface area contributed by atoms with Crippen LogP contribution in [0.4, 0.5) is 11.4 Å². The van der Waals surface area contributed by atoms with Gasteiger partial charge in [0.25, 0.3) is 5.69 Å². The van der Waals surface area contributed by atoms with Crippen molar-refractivity contribution < 1.29 is 10.0 Å². The Kier molecular flexibility index (Phi) is 4.37. The minimum atomic E-state index is -0.683. The highest BCUT2D eigenvalue weighted by atomic mass is 16.6. The first kappa shape index (κ1) is 13.8. The number of rotatable bonds is 3. The van der Waals surface area contributed by atoms with Crippen LogP contribution in [0.25, 0.3) is 0 Å². The van der Waals surface area contributed by atoms with Gasteiger partial charge in [-0.3, -0.25) is 10.1 Å². The van der Waals surface area contributed by atoms with E-state index in [0.717, 1.165) is 25.9 Å². The molecule has 1 aliphatic heterocycles. The summed E-state index contributed by atoms with van der Waals surface area (Å²) in [4.78, 5) is 13.0. The van der Waals surface area contributed by atoms with E-state index in [0.29, 0.717) is 11.3 Å². The van der Waals surface area contributed by atoms with E-state index in [1.807, 2.05) is 0 Å². The van der Waals surface area contributed by atoms with E-state index in [-0.39, 0.29) is 10.6 Å². The number of hydrogen-bond acceptors (Lipinski definition) is 4. The van der Waals surface area contributed by atoms with E-state index in [2.05, 4.69) is 4.90 Å². The van der Waals surface area contributed by atoms with Crippen LogP contribution in [0.3, 0.4) is 0 Å². The molecule has 1 aromatic carbocycles. The van der Waals surface area contributed by atoms with Gasteiger partial charge >= 0.3 is 0 Å². The quantitative estimate of drug-likeness (QED) is 0.673. The van der Waals surface area contributed by atoms with E-state index in [9.17, 15) is 15.2 Å². The normalized spacial score (nSPS) is 17.9. The van der Waals surface area contributed by atoms with Gasteiger partial charge in [0.2, 0.25) is 0 Å². The molecule has 5 nitrogen and oxygen atoms in total. The molecule has 0 unspecified atom stereocenters. The lowest BCUT2D eigenvalue weighted by atomic mass is 10.1. The Morgan fingerprint density at radius 3 is 2.42 bits per heavy atom. The summed E-state index contributed by atoms with van der Waals surface area (Å²) in [6.07, 6.45) is 3.85. The van der Waals surface area contributed by atoms with Gasteiger partial charge in [0.15, 0.2) is 0 Å². The van der Waals surface area contributed by atoms with Gasteiger partial charge < -0.3 is 10.0 Å². The van der Waals surface area contributed by atoms with Crippen LogP contribution in [0.2, 0.25) is 0 Å². The number of aliphatic hydroxyl groups is 1. The van der Waals surface area contributed by atoms with Crippen molar-refractivity contribution in [2.75, 3.05) is 18.0 Å². The lowest BCUT2D eigenvalue weighted by Crippen LogP contribution is -2.24. The zero-order valence-electron chi connectivity index (χ0n) is 11.2. The second-order valence-corrected chi connectivity index (χ2v) is 5.08. The van der Waals surface area contributed by atoms with Gasteiger partial charge in [-0.25, -0.2) is 0 Å². The smallest absolute Gasteiger partial charge is 0.292 e. The molecular formula is C14H20N2O3. The van der Waals surface area contributed by atoms with Crippen molar-refractivity contribution in [1.82, 2.24) is 0 Å². The fourth-order valence-corrected chi connectivity index (χ4v) is 2.53. The highest BCUT2D eigenvalue weighted by Gasteiger charge is 2.21. The second kappa shape index (κ2) is 6.02. The molecule has 0 aliphatic carbocycles. The molecule has 0 bridgehead atoms. The van der Waals surface area contributed by atoms with Crippen LogP contribution in [0.5, 0.6) is 0 Å². The number of nitro benzene ring substituents is 1. The molecule has 104 valence electrons. The molecule has 5 heteroatoms. The summed E-state index contributed by atoms with van der Waals surface area (Å²) in [7, 11) is 0. The van der Waals surface area contributed by atoms with Gasteiger partial charge in [-0.2, -0.15) is 0 Å². The fraction of sp³-hybridized carbons (Fsp3) is 0.571. The molecule has 2 rings (SSSR count). The summed E-state index contributed by atoms with van der Waals surface area (Å²) in [5, 5.41) is 20.8. The molecule has 1 N–H and O–H groups in total. The maximum Gasteiger partial charge on any atom is 0.292 e. The zero-order valence-corrected chi connectivity index (χ0v) is 11.2. The van der Waals surface area contributed by atoms with Crippen LogP contribution in [0.15, 0.2) is 18.2 Å². The number of aliphatic hydroxyl groups excluding tert-OH is 1. The number of benzene rings is 1. The first-order valence-electron chi connectivity index (χ1n) is 6.81. The highest BCUT2D eigenvalue weighted by molar-refractivity contribution is 5.64. The number of anilines is 1. The maximum atomic E-state index is 11.2. The van der Waals surface area contributed by atoms with Crippen molar-refractivity contribution in [2.24, 2.45) is 0 Å². The van der Waals surface area contributed by atoms with Gasteiger partial charge in [-0.15, -0.1) is 0 Å². The van der Waals surface area contributed by atoms with Gasteiger partial charge in [0.05, 0.1) is 11.0 Å². The second-order valence-electron chi connectivity index (χ2n) is 5.08. The first-order chi connectivity index (χ1) is 9.09. The molecule has 0 radical (unpaired) electrons. The molecule has 0 spiro atoms. The van der Waals surface area contributed by atoms with Crippen LogP contribution in [-0.4, -0.2) is 23.1 Å².